The van der Waals surface area contributed by atoms with Crippen LogP contribution < -0.4 is 5.32 Å². The Morgan fingerprint density at radius 1 is 1.08 bits per heavy atom. The summed E-state index contributed by atoms with van der Waals surface area (Å²) in [6, 6.07) is 6.12. The normalized spacial score (nSPS) is 23.7. The van der Waals surface area contributed by atoms with Crippen molar-refractivity contribution < 1.29 is 23.1 Å². The highest BCUT2D eigenvalue weighted by Crippen LogP contribution is 2.28. The average molecular weight is 378 g/mol. The molecule has 2 N–H and O–H groups in total. The minimum absolute atomic E-state index is 0.135. The molecule has 1 aromatic carbocycles. The summed E-state index contributed by atoms with van der Waals surface area (Å²) < 4.78 is 26.7. The molecule has 1 aliphatic heterocycles. The largest absolute Gasteiger partial charge is 0.481 e. The van der Waals surface area contributed by atoms with E-state index in [1.165, 1.54) is 16.4 Å². The molecule has 140 valence electrons. The number of amides is 1. The van der Waals surface area contributed by atoms with Crippen LogP contribution in [0.25, 0.3) is 0 Å². The van der Waals surface area contributed by atoms with Crippen molar-refractivity contribution in [2.45, 2.75) is 30.6 Å². The fourth-order valence-corrected chi connectivity index (χ4v) is 4.99. The van der Waals surface area contributed by atoms with Gasteiger partial charge in [0.1, 0.15) is 0 Å². The molecule has 2 atom stereocenters. The van der Waals surface area contributed by atoms with Crippen molar-refractivity contribution in [3.05, 3.63) is 36.4 Å². The summed E-state index contributed by atoms with van der Waals surface area (Å²) in [6.07, 6.45) is 5.94. The Bertz CT molecular complexity index is 828. The van der Waals surface area contributed by atoms with Crippen molar-refractivity contribution in [3.63, 3.8) is 0 Å². The maximum absolute atomic E-state index is 12.6. The molecule has 1 saturated heterocycles. The van der Waals surface area contributed by atoms with Crippen LogP contribution in [0.5, 0.6) is 0 Å². The number of nitrogens with zero attached hydrogens (tertiary/aromatic N) is 1. The quantitative estimate of drug-likeness (QED) is 0.764. The molecule has 3 rings (SSSR count). The first-order chi connectivity index (χ1) is 12.4. The molecule has 1 heterocycles. The maximum Gasteiger partial charge on any atom is 0.307 e. The van der Waals surface area contributed by atoms with Gasteiger partial charge < -0.3 is 10.4 Å². The monoisotopic (exact) mass is 378 g/mol. The number of hydrogen-bond donors (Lipinski definition) is 2. The van der Waals surface area contributed by atoms with E-state index in [4.69, 9.17) is 0 Å². The highest BCUT2D eigenvalue weighted by atomic mass is 32.2. The molecule has 1 aromatic rings. The van der Waals surface area contributed by atoms with Gasteiger partial charge in [-0.15, -0.1) is 0 Å². The number of benzene rings is 1. The Balaban J connectivity index is 1.77. The third-order valence-corrected chi connectivity index (χ3v) is 6.79. The summed E-state index contributed by atoms with van der Waals surface area (Å²) in [4.78, 5) is 24.0. The van der Waals surface area contributed by atoms with Crippen LogP contribution in [0.15, 0.2) is 41.3 Å². The molecule has 2 aliphatic rings. The van der Waals surface area contributed by atoms with Crippen LogP contribution in [0.1, 0.15) is 25.7 Å². The number of allylic oxidation sites excluding steroid dienone is 2. The Morgan fingerprint density at radius 3 is 2.38 bits per heavy atom. The lowest BCUT2D eigenvalue weighted by Gasteiger charge is -2.24. The summed E-state index contributed by atoms with van der Waals surface area (Å²) in [5, 5.41) is 12.0. The molecule has 8 heteroatoms. The van der Waals surface area contributed by atoms with E-state index in [9.17, 15) is 23.1 Å². The molecule has 0 spiro atoms. The molecule has 0 radical (unpaired) electrons. The van der Waals surface area contributed by atoms with Crippen LogP contribution >= 0.6 is 0 Å². The number of carboxylic acids is 1. The van der Waals surface area contributed by atoms with Crippen LogP contribution in [0.4, 0.5) is 5.69 Å². The fraction of sp³-hybridized carbons (Fsp3) is 0.444. The number of hydrogen-bond acceptors (Lipinski definition) is 4. The summed E-state index contributed by atoms with van der Waals surface area (Å²) in [5.41, 5.74) is 0.356. The minimum Gasteiger partial charge on any atom is -0.481 e. The standard InChI is InChI=1S/C18H22N2O5S/c21-17(15-8-1-2-9-16(15)18(22)23)19-13-6-5-7-14(12-13)26(24,25)20-10-3-4-11-20/h1-2,5-7,12,15-16H,3-4,8-11H2,(H,19,21)(H,22,23). The zero-order valence-corrected chi connectivity index (χ0v) is 15.1. The van der Waals surface area contributed by atoms with Crippen LogP contribution in [-0.4, -0.2) is 42.8 Å². The lowest BCUT2D eigenvalue weighted by atomic mass is 9.82. The summed E-state index contributed by atoms with van der Waals surface area (Å²) >= 11 is 0. The molecule has 1 amide bonds. The second-order valence-electron chi connectivity index (χ2n) is 6.62. The highest BCUT2D eigenvalue weighted by molar-refractivity contribution is 7.89. The first kappa shape index (κ1) is 18.6. The van der Waals surface area contributed by atoms with E-state index in [-0.39, 0.29) is 4.90 Å². The van der Waals surface area contributed by atoms with Gasteiger partial charge in [0.2, 0.25) is 15.9 Å². The predicted molar refractivity (Wildman–Crippen MR) is 96.1 cm³/mol. The van der Waals surface area contributed by atoms with Crippen LogP contribution in [0, 0.1) is 11.8 Å². The summed E-state index contributed by atoms with van der Waals surface area (Å²) in [5.74, 6) is -2.84. The topological polar surface area (TPSA) is 104 Å². The molecule has 26 heavy (non-hydrogen) atoms. The first-order valence-corrected chi connectivity index (χ1v) is 10.1. The van der Waals surface area contributed by atoms with Gasteiger partial charge >= 0.3 is 5.97 Å². The molecular formula is C18H22N2O5S. The van der Waals surface area contributed by atoms with Crippen LogP contribution in [0.2, 0.25) is 0 Å². The van der Waals surface area contributed by atoms with E-state index in [1.54, 1.807) is 24.3 Å². The van der Waals surface area contributed by atoms with Crippen molar-refractivity contribution in [2.75, 3.05) is 18.4 Å². The number of aliphatic carboxylic acids is 1. The van der Waals surface area contributed by atoms with Crippen molar-refractivity contribution in [3.8, 4) is 0 Å². The molecule has 0 aromatic heterocycles. The molecular weight excluding hydrogens is 356 g/mol. The second kappa shape index (κ2) is 7.59. The lowest BCUT2D eigenvalue weighted by Crippen LogP contribution is -2.34. The number of sulfonamides is 1. The van der Waals surface area contributed by atoms with Crippen molar-refractivity contribution in [1.29, 1.82) is 0 Å². The Labute approximate surface area is 152 Å². The SMILES string of the molecule is O=C(O)C1CC=CCC1C(=O)Nc1cccc(S(=O)(=O)N2CCCC2)c1. The van der Waals surface area contributed by atoms with Crippen molar-refractivity contribution in [2.24, 2.45) is 11.8 Å². The summed E-state index contributed by atoms with van der Waals surface area (Å²) in [6.45, 7) is 1.02. The van der Waals surface area contributed by atoms with Gasteiger partial charge in [0.25, 0.3) is 0 Å². The van der Waals surface area contributed by atoms with Gasteiger partial charge in [0.05, 0.1) is 16.7 Å². The second-order valence-corrected chi connectivity index (χ2v) is 8.56. The Hall–Kier alpha value is -2.19. The smallest absolute Gasteiger partial charge is 0.307 e. The third kappa shape index (κ3) is 3.81. The zero-order valence-electron chi connectivity index (χ0n) is 14.3. The molecule has 0 bridgehead atoms. The van der Waals surface area contributed by atoms with Gasteiger partial charge in [0, 0.05) is 18.8 Å². The fourth-order valence-electron chi connectivity index (χ4n) is 3.42. The average Bonchev–Trinajstić information content (AvgIpc) is 3.17. The number of rotatable bonds is 5. The molecule has 1 aliphatic carbocycles. The van der Waals surface area contributed by atoms with Crippen molar-refractivity contribution >= 4 is 27.6 Å². The van der Waals surface area contributed by atoms with Gasteiger partial charge in [-0.3, -0.25) is 9.59 Å². The van der Waals surface area contributed by atoms with Crippen LogP contribution in [-0.2, 0) is 19.6 Å². The number of anilines is 1. The van der Waals surface area contributed by atoms with Gasteiger partial charge in [-0.25, -0.2) is 8.42 Å². The highest BCUT2D eigenvalue weighted by Gasteiger charge is 2.34. The van der Waals surface area contributed by atoms with Crippen molar-refractivity contribution in [1.82, 2.24) is 4.31 Å². The van der Waals surface area contributed by atoms with Crippen LogP contribution in [0.3, 0.4) is 0 Å². The number of nitrogens with one attached hydrogen (secondary N) is 1. The van der Waals surface area contributed by atoms with E-state index in [0.29, 0.717) is 31.6 Å². The predicted octanol–water partition coefficient (Wildman–Crippen LogP) is 2.08. The molecule has 7 nitrogen and oxygen atoms in total. The molecule has 0 saturated carbocycles. The number of carbonyl (C=O) groups is 2. The Kier molecular flexibility index (Phi) is 5.43. The number of carbonyl (C=O) groups excluding carboxylic acids is 1. The third-order valence-electron chi connectivity index (χ3n) is 4.89. The van der Waals surface area contributed by atoms with E-state index in [0.717, 1.165) is 12.8 Å². The van der Waals surface area contributed by atoms with E-state index in [1.807, 2.05) is 0 Å². The summed E-state index contributed by atoms with van der Waals surface area (Å²) in [7, 11) is -3.57. The number of carboxylic acid groups (broad SMARTS) is 1. The van der Waals surface area contributed by atoms with E-state index < -0.39 is 33.7 Å². The Morgan fingerprint density at radius 2 is 1.73 bits per heavy atom. The lowest BCUT2D eigenvalue weighted by molar-refractivity contribution is -0.146. The first-order valence-electron chi connectivity index (χ1n) is 8.68. The maximum atomic E-state index is 12.6. The van der Waals surface area contributed by atoms with Gasteiger partial charge in [-0.2, -0.15) is 4.31 Å². The van der Waals surface area contributed by atoms with Gasteiger partial charge in [-0.05, 0) is 43.9 Å². The zero-order chi connectivity index (χ0) is 18.7. The molecule has 1 fully saturated rings. The van der Waals surface area contributed by atoms with E-state index >= 15 is 0 Å². The van der Waals surface area contributed by atoms with Gasteiger partial charge in [-0.1, -0.05) is 18.2 Å². The minimum atomic E-state index is -3.57. The molecule has 2 unspecified atom stereocenters. The van der Waals surface area contributed by atoms with Gasteiger partial charge in [0.15, 0.2) is 0 Å². The van der Waals surface area contributed by atoms with E-state index in [2.05, 4.69) is 5.32 Å².